The van der Waals surface area contributed by atoms with Gasteiger partial charge in [0.25, 0.3) is 0 Å². The first-order valence-electron chi connectivity index (χ1n) is 4.90. The Kier molecular flexibility index (Phi) is 4.44. The highest BCUT2D eigenvalue weighted by Gasteiger charge is 2.21. The summed E-state index contributed by atoms with van der Waals surface area (Å²) in [7, 11) is 1.83. The second-order valence-corrected chi connectivity index (χ2v) is 5.70. The van der Waals surface area contributed by atoms with Crippen molar-refractivity contribution in [1.29, 1.82) is 0 Å². The molecule has 1 fully saturated rings. The summed E-state index contributed by atoms with van der Waals surface area (Å²) in [5.74, 6) is 0. The molecule has 0 bridgehead atoms. The minimum atomic E-state index is 0.550. The lowest BCUT2D eigenvalue weighted by Gasteiger charge is -2.28. The van der Waals surface area contributed by atoms with Crippen LogP contribution in [0.4, 0.5) is 0 Å². The molecule has 0 saturated heterocycles. The summed E-state index contributed by atoms with van der Waals surface area (Å²) in [4.78, 5) is 0. The van der Waals surface area contributed by atoms with Crippen LogP contribution in [0.3, 0.4) is 0 Å². The zero-order valence-electron chi connectivity index (χ0n) is 8.38. The van der Waals surface area contributed by atoms with Gasteiger partial charge in [-0.2, -0.15) is 11.8 Å². The number of methoxy groups -OCH3 is 1. The Labute approximate surface area is 80.3 Å². The predicted octanol–water partition coefficient (Wildman–Crippen LogP) is 3.09. The van der Waals surface area contributed by atoms with E-state index in [-0.39, 0.29) is 0 Å². The Morgan fingerprint density at radius 1 is 1.17 bits per heavy atom. The third kappa shape index (κ3) is 3.36. The minimum Gasteiger partial charge on any atom is -0.381 e. The molecule has 0 spiro atoms. The van der Waals surface area contributed by atoms with Crippen LogP contribution in [0.15, 0.2) is 0 Å². The third-order valence-corrected chi connectivity index (χ3v) is 3.82. The van der Waals surface area contributed by atoms with E-state index in [0.29, 0.717) is 6.10 Å². The number of hydrogen-bond donors (Lipinski definition) is 0. The summed E-state index contributed by atoms with van der Waals surface area (Å²) in [5, 5.41) is 1.69. The first kappa shape index (κ1) is 10.4. The van der Waals surface area contributed by atoms with Gasteiger partial charge in [0.1, 0.15) is 0 Å². The quantitative estimate of drug-likeness (QED) is 0.673. The highest BCUT2D eigenvalue weighted by atomic mass is 32.2. The van der Waals surface area contributed by atoms with E-state index in [0.717, 1.165) is 10.5 Å². The maximum absolute atomic E-state index is 5.34. The van der Waals surface area contributed by atoms with Crippen LogP contribution in [0, 0.1) is 0 Å². The smallest absolute Gasteiger partial charge is 0.0572 e. The molecular weight excluding hydrogens is 168 g/mol. The predicted molar refractivity (Wildman–Crippen MR) is 55.8 cm³/mol. The minimum absolute atomic E-state index is 0.550. The molecule has 0 N–H and O–H groups in total. The lowest BCUT2D eigenvalue weighted by molar-refractivity contribution is 0.0723. The Balaban J connectivity index is 2.17. The van der Waals surface area contributed by atoms with Crippen molar-refractivity contribution in [3.63, 3.8) is 0 Å². The average Bonchev–Trinajstić information content (AvgIpc) is 2.05. The van der Waals surface area contributed by atoms with E-state index < -0.39 is 0 Å². The normalized spacial score (nSPS) is 31.0. The van der Waals surface area contributed by atoms with Crippen molar-refractivity contribution in [3.05, 3.63) is 0 Å². The molecule has 1 nitrogen and oxygen atoms in total. The fourth-order valence-electron chi connectivity index (χ4n) is 1.79. The molecule has 72 valence electrons. The number of ether oxygens (including phenoxy) is 1. The molecule has 0 aromatic heterocycles. The Hall–Kier alpha value is 0.310. The van der Waals surface area contributed by atoms with Gasteiger partial charge in [0, 0.05) is 12.4 Å². The van der Waals surface area contributed by atoms with E-state index >= 15 is 0 Å². The van der Waals surface area contributed by atoms with Crippen LogP contribution in [-0.2, 0) is 4.74 Å². The summed E-state index contributed by atoms with van der Waals surface area (Å²) >= 11 is 2.13. The Morgan fingerprint density at radius 2 is 1.75 bits per heavy atom. The van der Waals surface area contributed by atoms with Crippen molar-refractivity contribution in [1.82, 2.24) is 0 Å². The fourth-order valence-corrected chi connectivity index (χ4v) is 3.10. The summed E-state index contributed by atoms with van der Waals surface area (Å²) in [6, 6.07) is 0. The SMILES string of the molecule is COC1CCC(SC(C)C)CC1. The molecule has 0 aromatic rings. The molecular formula is C10H20OS. The van der Waals surface area contributed by atoms with Gasteiger partial charge in [-0.15, -0.1) is 0 Å². The highest BCUT2D eigenvalue weighted by molar-refractivity contribution is 8.00. The Bertz CT molecular complexity index is 117. The lowest BCUT2D eigenvalue weighted by atomic mass is 9.97. The van der Waals surface area contributed by atoms with E-state index in [1.165, 1.54) is 25.7 Å². The van der Waals surface area contributed by atoms with Gasteiger partial charge in [-0.25, -0.2) is 0 Å². The molecule has 0 unspecified atom stereocenters. The molecule has 0 radical (unpaired) electrons. The van der Waals surface area contributed by atoms with Gasteiger partial charge in [-0.05, 0) is 30.9 Å². The van der Waals surface area contributed by atoms with Gasteiger partial charge in [-0.1, -0.05) is 13.8 Å². The zero-order chi connectivity index (χ0) is 8.97. The average molecular weight is 188 g/mol. The van der Waals surface area contributed by atoms with E-state index in [4.69, 9.17) is 4.74 Å². The molecule has 0 atom stereocenters. The van der Waals surface area contributed by atoms with Crippen LogP contribution >= 0.6 is 11.8 Å². The summed E-state index contributed by atoms with van der Waals surface area (Å²) in [6.07, 6.45) is 5.78. The molecule has 1 saturated carbocycles. The molecule has 1 aliphatic carbocycles. The van der Waals surface area contributed by atoms with Gasteiger partial charge >= 0.3 is 0 Å². The van der Waals surface area contributed by atoms with E-state index in [1.54, 1.807) is 0 Å². The second kappa shape index (κ2) is 5.13. The van der Waals surface area contributed by atoms with Crippen LogP contribution in [0.1, 0.15) is 39.5 Å². The van der Waals surface area contributed by atoms with Crippen molar-refractivity contribution < 1.29 is 4.74 Å². The first-order chi connectivity index (χ1) is 5.72. The number of thioether (sulfide) groups is 1. The number of hydrogen-bond acceptors (Lipinski definition) is 2. The van der Waals surface area contributed by atoms with Crippen molar-refractivity contribution in [2.45, 2.75) is 56.1 Å². The highest BCUT2D eigenvalue weighted by Crippen LogP contribution is 2.31. The van der Waals surface area contributed by atoms with Crippen molar-refractivity contribution in [2.24, 2.45) is 0 Å². The maximum Gasteiger partial charge on any atom is 0.0572 e. The number of rotatable bonds is 3. The van der Waals surface area contributed by atoms with Gasteiger partial charge in [-0.3, -0.25) is 0 Å². The van der Waals surface area contributed by atoms with Crippen LogP contribution in [0.25, 0.3) is 0 Å². The first-order valence-corrected chi connectivity index (χ1v) is 5.85. The molecule has 1 rings (SSSR count). The van der Waals surface area contributed by atoms with Crippen LogP contribution in [0.5, 0.6) is 0 Å². The molecule has 12 heavy (non-hydrogen) atoms. The Morgan fingerprint density at radius 3 is 2.17 bits per heavy atom. The summed E-state index contributed by atoms with van der Waals surface area (Å²) in [5.41, 5.74) is 0. The summed E-state index contributed by atoms with van der Waals surface area (Å²) < 4.78 is 5.34. The van der Waals surface area contributed by atoms with E-state index in [9.17, 15) is 0 Å². The van der Waals surface area contributed by atoms with Gasteiger partial charge < -0.3 is 4.74 Å². The fraction of sp³-hybridized carbons (Fsp3) is 1.00. The van der Waals surface area contributed by atoms with Gasteiger partial charge in [0.15, 0.2) is 0 Å². The van der Waals surface area contributed by atoms with E-state index in [2.05, 4.69) is 25.6 Å². The maximum atomic E-state index is 5.34. The molecule has 0 amide bonds. The second-order valence-electron chi connectivity index (χ2n) is 3.82. The van der Waals surface area contributed by atoms with Crippen molar-refractivity contribution >= 4 is 11.8 Å². The van der Waals surface area contributed by atoms with Crippen LogP contribution < -0.4 is 0 Å². The molecule has 0 aromatic carbocycles. The largest absolute Gasteiger partial charge is 0.381 e. The molecule has 0 heterocycles. The topological polar surface area (TPSA) is 9.23 Å². The van der Waals surface area contributed by atoms with E-state index in [1.807, 2.05) is 7.11 Å². The summed E-state index contributed by atoms with van der Waals surface area (Å²) in [6.45, 7) is 4.57. The molecule has 0 aliphatic heterocycles. The van der Waals surface area contributed by atoms with Crippen LogP contribution in [0.2, 0.25) is 0 Å². The molecule has 2 heteroatoms. The standard InChI is InChI=1S/C10H20OS/c1-8(2)12-10-6-4-9(11-3)5-7-10/h8-10H,4-7H2,1-3H3. The van der Waals surface area contributed by atoms with Crippen molar-refractivity contribution in [2.75, 3.05) is 7.11 Å². The van der Waals surface area contributed by atoms with Crippen molar-refractivity contribution in [3.8, 4) is 0 Å². The third-order valence-electron chi connectivity index (χ3n) is 2.42. The molecule has 1 aliphatic rings. The zero-order valence-corrected chi connectivity index (χ0v) is 9.19. The van der Waals surface area contributed by atoms with Gasteiger partial charge in [0.05, 0.1) is 6.10 Å². The van der Waals surface area contributed by atoms with Gasteiger partial charge in [0.2, 0.25) is 0 Å². The van der Waals surface area contributed by atoms with Crippen LogP contribution in [-0.4, -0.2) is 23.7 Å². The monoisotopic (exact) mass is 188 g/mol. The lowest BCUT2D eigenvalue weighted by Crippen LogP contribution is -2.22.